The number of benzene rings is 2. The third-order valence-corrected chi connectivity index (χ3v) is 5.60. The minimum Gasteiger partial charge on any atom is -0.497 e. The number of para-hydroxylation sites is 1. The molecule has 0 fully saturated rings. The number of nitrogens with one attached hydrogen (secondary N) is 2. The lowest BCUT2D eigenvalue weighted by atomic mass is 10.0. The molecule has 0 radical (unpaired) electrons. The molecule has 150 valence electrons. The van der Waals surface area contributed by atoms with Gasteiger partial charge in [-0.25, -0.2) is 0 Å². The maximum atomic E-state index is 12.6. The van der Waals surface area contributed by atoms with Crippen molar-refractivity contribution in [3.8, 4) is 5.75 Å². The molecule has 0 bridgehead atoms. The Kier molecular flexibility index (Phi) is 8.39. The van der Waals surface area contributed by atoms with Crippen LogP contribution in [0.25, 0.3) is 0 Å². The molecule has 2 aromatic carbocycles. The Labute approximate surface area is 171 Å². The van der Waals surface area contributed by atoms with Crippen LogP contribution in [-0.4, -0.2) is 29.9 Å². The zero-order valence-electron chi connectivity index (χ0n) is 16.9. The number of rotatable bonds is 9. The van der Waals surface area contributed by atoms with Crippen molar-refractivity contribution in [2.24, 2.45) is 0 Å². The molecule has 0 aromatic heterocycles. The molecule has 6 heteroatoms. The Morgan fingerprint density at radius 3 is 2.14 bits per heavy atom. The maximum Gasteiger partial charge on any atom is 0.237 e. The largest absolute Gasteiger partial charge is 0.497 e. The fourth-order valence-electron chi connectivity index (χ4n) is 2.78. The second-order valence-electron chi connectivity index (χ2n) is 6.38. The normalized spacial score (nSPS) is 11.6. The Morgan fingerprint density at radius 1 is 1.00 bits per heavy atom. The lowest BCUT2D eigenvalue weighted by molar-refractivity contribution is -0.115. The average molecular weight is 401 g/mol. The first-order valence-corrected chi connectivity index (χ1v) is 10.5. The topological polar surface area (TPSA) is 67.4 Å². The average Bonchev–Trinajstić information content (AvgIpc) is 2.72. The molecule has 2 rings (SSSR count). The molecule has 0 aliphatic rings. The van der Waals surface area contributed by atoms with E-state index in [1.165, 1.54) is 11.8 Å². The molecule has 0 aliphatic heterocycles. The number of amides is 2. The number of thioether (sulfide) groups is 1. The third-order valence-electron chi connectivity index (χ3n) is 4.45. The Balaban J connectivity index is 1.89. The van der Waals surface area contributed by atoms with E-state index in [0.717, 1.165) is 35.4 Å². The lowest BCUT2D eigenvalue weighted by Gasteiger charge is -2.17. The van der Waals surface area contributed by atoms with Crippen LogP contribution in [0.1, 0.15) is 31.9 Å². The smallest absolute Gasteiger partial charge is 0.237 e. The molecule has 1 unspecified atom stereocenters. The van der Waals surface area contributed by atoms with E-state index < -0.39 is 0 Å². The summed E-state index contributed by atoms with van der Waals surface area (Å²) >= 11 is 1.32. The number of hydrogen-bond donors (Lipinski definition) is 2. The second-order valence-corrected chi connectivity index (χ2v) is 7.71. The van der Waals surface area contributed by atoms with Crippen LogP contribution in [0.3, 0.4) is 0 Å². The summed E-state index contributed by atoms with van der Waals surface area (Å²) in [6.07, 6.45) is 1.71. The second kappa shape index (κ2) is 10.8. The van der Waals surface area contributed by atoms with Crippen LogP contribution >= 0.6 is 11.8 Å². The summed E-state index contributed by atoms with van der Waals surface area (Å²) in [7, 11) is 1.60. The summed E-state index contributed by atoms with van der Waals surface area (Å²) in [5, 5.41) is 5.55. The quantitative estimate of drug-likeness (QED) is 0.649. The Hall–Kier alpha value is -2.47. The number of hydrogen-bond acceptors (Lipinski definition) is 4. The van der Waals surface area contributed by atoms with Crippen LogP contribution in [0.2, 0.25) is 0 Å². The van der Waals surface area contributed by atoms with Crippen LogP contribution < -0.4 is 15.4 Å². The molecular weight excluding hydrogens is 372 g/mol. The zero-order chi connectivity index (χ0) is 20.5. The van der Waals surface area contributed by atoms with Crippen molar-refractivity contribution in [1.29, 1.82) is 0 Å². The highest BCUT2D eigenvalue weighted by Crippen LogP contribution is 2.24. The van der Waals surface area contributed by atoms with Gasteiger partial charge in [-0.3, -0.25) is 9.59 Å². The number of ether oxygens (including phenoxy) is 1. The van der Waals surface area contributed by atoms with Gasteiger partial charge in [-0.05, 0) is 55.2 Å². The minimum atomic E-state index is -0.337. The van der Waals surface area contributed by atoms with Crippen molar-refractivity contribution in [3.05, 3.63) is 53.6 Å². The molecule has 28 heavy (non-hydrogen) atoms. The van der Waals surface area contributed by atoms with Gasteiger partial charge in [0.2, 0.25) is 11.8 Å². The van der Waals surface area contributed by atoms with Crippen LogP contribution in [-0.2, 0) is 22.4 Å². The molecule has 1 atom stereocenters. The monoisotopic (exact) mass is 400 g/mol. The van der Waals surface area contributed by atoms with Crippen molar-refractivity contribution in [2.45, 2.75) is 38.9 Å². The first kappa shape index (κ1) is 21.8. The van der Waals surface area contributed by atoms with Gasteiger partial charge in [0.05, 0.1) is 18.1 Å². The highest BCUT2D eigenvalue weighted by Gasteiger charge is 2.18. The summed E-state index contributed by atoms with van der Waals surface area (Å²) in [4.78, 5) is 24.8. The first-order chi connectivity index (χ1) is 13.5. The summed E-state index contributed by atoms with van der Waals surface area (Å²) in [6.45, 7) is 5.97. The van der Waals surface area contributed by atoms with Crippen molar-refractivity contribution in [3.63, 3.8) is 0 Å². The van der Waals surface area contributed by atoms with Crippen LogP contribution in [0.15, 0.2) is 42.5 Å². The van der Waals surface area contributed by atoms with E-state index in [-0.39, 0.29) is 22.8 Å². The van der Waals surface area contributed by atoms with E-state index in [1.54, 1.807) is 31.4 Å². The van der Waals surface area contributed by atoms with E-state index in [0.29, 0.717) is 5.69 Å². The molecule has 5 nitrogen and oxygen atoms in total. The minimum absolute atomic E-state index is 0.0853. The van der Waals surface area contributed by atoms with Gasteiger partial charge in [0, 0.05) is 11.4 Å². The Morgan fingerprint density at radius 2 is 1.61 bits per heavy atom. The van der Waals surface area contributed by atoms with Gasteiger partial charge in [-0.15, -0.1) is 11.8 Å². The third kappa shape index (κ3) is 6.02. The molecule has 2 amide bonds. The molecule has 0 spiro atoms. The van der Waals surface area contributed by atoms with E-state index in [9.17, 15) is 9.59 Å². The maximum absolute atomic E-state index is 12.6. The number of anilines is 2. The SMILES string of the molecule is CCc1cccc(CC)c1NC(=O)C(C)SCC(=O)Nc1ccc(OC)cc1. The van der Waals surface area contributed by atoms with Gasteiger partial charge in [-0.1, -0.05) is 32.0 Å². The zero-order valence-corrected chi connectivity index (χ0v) is 17.7. The molecular formula is C22H28N2O3S. The molecule has 0 saturated heterocycles. The van der Waals surface area contributed by atoms with Crippen LogP contribution in [0.5, 0.6) is 5.75 Å². The highest BCUT2D eigenvalue weighted by atomic mass is 32.2. The summed E-state index contributed by atoms with van der Waals surface area (Å²) in [5.74, 6) is 0.712. The highest BCUT2D eigenvalue weighted by molar-refractivity contribution is 8.01. The molecule has 2 aromatic rings. The number of carbonyl (C=O) groups excluding carboxylic acids is 2. The molecule has 0 aliphatic carbocycles. The van der Waals surface area contributed by atoms with E-state index >= 15 is 0 Å². The fraction of sp³-hybridized carbons (Fsp3) is 0.364. The van der Waals surface area contributed by atoms with Crippen LogP contribution in [0, 0.1) is 0 Å². The van der Waals surface area contributed by atoms with E-state index in [2.05, 4.69) is 24.5 Å². The van der Waals surface area contributed by atoms with E-state index in [1.807, 2.05) is 25.1 Å². The molecule has 0 saturated carbocycles. The molecule has 2 N–H and O–H groups in total. The molecule has 0 heterocycles. The standard InChI is InChI=1S/C22H28N2O3S/c1-5-16-8-7-9-17(6-2)21(16)24-22(26)15(3)28-14-20(25)23-18-10-12-19(27-4)13-11-18/h7-13,15H,5-6,14H2,1-4H3,(H,23,25)(H,24,26). The summed E-state index contributed by atoms with van der Waals surface area (Å²) in [5.41, 5.74) is 3.87. The van der Waals surface area contributed by atoms with Gasteiger partial charge in [0.1, 0.15) is 5.75 Å². The Bertz CT molecular complexity index is 784. The van der Waals surface area contributed by atoms with Crippen molar-refractivity contribution in [2.75, 3.05) is 23.5 Å². The van der Waals surface area contributed by atoms with Gasteiger partial charge in [0.25, 0.3) is 0 Å². The lowest BCUT2D eigenvalue weighted by Crippen LogP contribution is -2.26. The summed E-state index contributed by atoms with van der Waals surface area (Å²) in [6, 6.07) is 13.2. The first-order valence-electron chi connectivity index (χ1n) is 9.45. The van der Waals surface area contributed by atoms with Crippen molar-refractivity contribution < 1.29 is 14.3 Å². The predicted molar refractivity (Wildman–Crippen MR) is 117 cm³/mol. The predicted octanol–water partition coefficient (Wildman–Crippen LogP) is 4.52. The van der Waals surface area contributed by atoms with Gasteiger partial charge >= 0.3 is 0 Å². The van der Waals surface area contributed by atoms with Gasteiger partial charge < -0.3 is 15.4 Å². The summed E-state index contributed by atoms with van der Waals surface area (Å²) < 4.78 is 5.10. The van der Waals surface area contributed by atoms with E-state index in [4.69, 9.17) is 4.74 Å². The fourth-order valence-corrected chi connectivity index (χ4v) is 3.46. The van der Waals surface area contributed by atoms with Gasteiger partial charge in [-0.2, -0.15) is 0 Å². The number of methoxy groups -OCH3 is 1. The van der Waals surface area contributed by atoms with Crippen molar-refractivity contribution >= 4 is 35.0 Å². The van der Waals surface area contributed by atoms with Crippen molar-refractivity contribution in [1.82, 2.24) is 0 Å². The number of aryl methyl sites for hydroxylation is 2. The number of carbonyl (C=O) groups is 2. The van der Waals surface area contributed by atoms with Crippen LogP contribution in [0.4, 0.5) is 11.4 Å². The van der Waals surface area contributed by atoms with Gasteiger partial charge in [0.15, 0.2) is 0 Å².